The summed E-state index contributed by atoms with van der Waals surface area (Å²) in [6.45, 7) is 9.92. The number of hydrogen-bond acceptors (Lipinski definition) is 4. The molecule has 0 N–H and O–H groups in total. The average molecular weight is 411 g/mol. The highest BCUT2D eigenvalue weighted by Crippen LogP contribution is 2.33. The van der Waals surface area contributed by atoms with E-state index < -0.39 is 0 Å². The predicted molar refractivity (Wildman–Crippen MR) is 122 cm³/mol. The van der Waals surface area contributed by atoms with Gasteiger partial charge in [-0.3, -0.25) is 0 Å². The van der Waals surface area contributed by atoms with Crippen LogP contribution in [-0.4, -0.2) is 45.9 Å². The fourth-order valence-corrected chi connectivity index (χ4v) is 3.65. The lowest BCUT2D eigenvalue weighted by molar-refractivity contribution is 0.220. The van der Waals surface area contributed by atoms with E-state index in [0.29, 0.717) is 12.5 Å². The molecule has 4 rings (SSSR count). The van der Waals surface area contributed by atoms with Crippen LogP contribution < -0.4 is 4.74 Å². The van der Waals surface area contributed by atoms with Gasteiger partial charge in [-0.05, 0) is 43.6 Å². The molecule has 4 aromatic rings. The summed E-state index contributed by atoms with van der Waals surface area (Å²) in [5.41, 5.74) is 2.80. The number of hydrogen-bond donors (Lipinski definition) is 0. The van der Waals surface area contributed by atoms with Gasteiger partial charge >= 0.3 is 0 Å². The highest BCUT2D eigenvalue weighted by Gasteiger charge is 2.17. The Kier molecular flexibility index (Phi) is 6.72. The monoisotopic (exact) mass is 410 g/mol. The van der Waals surface area contributed by atoms with Crippen molar-refractivity contribution in [3.63, 3.8) is 0 Å². The summed E-state index contributed by atoms with van der Waals surface area (Å²) in [5.74, 6) is 0.673. The third-order valence-electron chi connectivity index (χ3n) is 5.21. The van der Waals surface area contributed by atoms with Crippen LogP contribution in [0.15, 0.2) is 54.6 Å². The van der Waals surface area contributed by atoms with Crippen LogP contribution in [0.2, 0.25) is 0 Å². The van der Waals surface area contributed by atoms with Crippen LogP contribution in [0.4, 0.5) is 0 Å². The van der Waals surface area contributed by atoms with Crippen molar-refractivity contribution in [2.45, 2.75) is 20.8 Å². The molecule has 0 fully saturated rings. The summed E-state index contributed by atoms with van der Waals surface area (Å²) >= 11 is 0. The number of fused-ring (bicyclic) bond motifs is 3. The standard InChI is InChI=1S/C23H26N4O.ClH/c1-4-26(5-2)15-16-28-23-20-14-10-9-13-19(20)21-17(3)25-27(22(21)24-23)18-11-7-6-8-12-18;/h6-14H,4-5,15-16H2,1-3H3;1H. The third-order valence-corrected chi connectivity index (χ3v) is 5.21. The van der Waals surface area contributed by atoms with Gasteiger partial charge in [-0.1, -0.05) is 50.2 Å². The van der Waals surface area contributed by atoms with Crippen LogP contribution in [0.5, 0.6) is 5.88 Å². The van der Waals surface area contributed by atoms with Crippen molar-refractivity contribution in [1.82, 2.24) is 19.7 Å². The van der Waals surface area contributed by atoms with Crippen LogP contribution >= 0.6 is 12.4 Å². The summed E-state index contributed by atoms with van der Waals surface area (Å²) in [6, 6.07) is 18.4. The maximum atomic E-state index is 6.17. The molecule has 0 saturated heterocycles. The fourth-order valence-electron chi connectivity index (χ4n) is 3.65. The molecular formula is C23H27ClN4O. The number of aromatic nitrogens is 3. The lowest BCUT2D eigenvalue weighted by Crippen LogP contribution is -2.28. The molecule has 0 spiro atoms. The van der Waals surface area contributed by atoms with Crippen molar-refractivity contribution in [3.8, 4) is 11.6 Å². The summed E-state index contributed by atoms with van der Waals surface area (Å²) < 4.78 is 8.08. The van der Waals surface area contributed by atoms with Gasteiger partial charge < -0.3 is 9.64 Å². The van der Waals surface area contributed by atoms with E-state index in [2.05, 4.69) is 36.9 Å². The van der Waals surface area contributed by atoms with Crippen molar-refractivity contribution in [1.29, 1.82) is 0 Å². The summed E-state index contributed by atoms with van der Waals surface area (Å²) in [6.07, 6.45) is 0. The van der Waals surface area contributed by atoms with E-state index in [9.17, 15) is 0 Å². The second-order valence-electron chi connectivity index (χ2n) is 6.87. The first-order valence-electron chi connectivity index (χ1n) is 9.91. The molecule has 0 saturated carbocycles. The van der Waals surface area contributed by atoms with Gasteiger partial charge in [0.05, 0.1) is 16.8 Å². The van der Waals surface area contributed by atoms with E-state index in [1.54, 1.807) is 0 Å². The number of para-hydroxylation sites is 1. The molecule has 5 nitrogen and oxygen atoms in total. The SMILES string of the molecule is CCN(CC)CCOc1nc2c(c(C)nn2-c2ccccc2)c2ccccc12.Cl. The van der Waals surface area contributed by atoms with E-state index in [-0.39, 0.29) is 12.4 Å². The molecule has 29 heavy (non-hydrogen) atoms. The highest BCUT2D eigenvalue weighted by atomic mass is 35.5. The molecule has 6 heteroatoms. The maximum Gasteiger partial charge on any atom is 0.223 e. The summed E-state index contributed by atoms with van der Waals surface area (Å²) in [7, 11) is 0. The van der Waals surface area contributed by atoms with Crippen LogP contribution in [0.25, 0.3) is 27.5 Å². The maximum absolute atomic E-state index is 6.17. The Hall–Kier alpha value is -2.63. The second-order valence-corrected chi connectivity index (χ2v) is 6.87. The molecular weight excluding hydrogens is 384 g/mol. The van der Waals surface area contributed by atoms with Gasteiger partial charge in [0.15, 0.2) is 5.65 Å². The predicted octanol–water partition coefficient (Wildman–Crippen LogP) is 5.02. The van der Waals surface area contributed by atoms with E-state index in [4.69, 9.17) is 14.8 Å². The highest BCUT2D eigenvalue weighted by molar-refractivity contribution is 6.08. The first-order chi connectivity index (χ1) is 13.7. The van der Waals surface area contributed by atoms with Gasteiger partial charge in [-0.2, -0.15) is 10.1 Å². The molecule has 152 valence electrons. The smallest absolute Gasteiger partial charge is 0.223 e. The van der Waals surface area contributed by atoms with Crippen molar-refractivity contribution >= 4 is 34.2 Å². The Morgan fingerprint density at radius 2 is 1.59 bits per heavy atom. The Morgan fingerprint density at radius 1 is 0.931 bits per heavy atom. The van der Waals surface area contributed by atoms with Gasteiger partial charge in [-0.25, -0.2) is 4.68 Å². The molecule has 2 heterocycles. The molecule has 0 radical (unpaired) electrons. The molecule has 0 aliphatic rings. The van der Waals surface area contributed by atoms with Crippen LogP contribution in [0.3, 0.4) is 0 Å². The fraction of sp³-hybridized carbons (Fsp3) is 0.304. The van der Waals surface area contributed by atoms with Crippen LogP contribution in [-0.2, 0) is 0 Å². The van der Waals surface area contributed by atoms with Gasteiger partial charge in [0.2, 0.25) is 5.88 Å². The van der Waals surface area contributed by atoms with E-state index in [1.807, 2.05) is 48.0 Å². The van der Waals surface area contributed by atoms with Crippen molar-refractivity contribution < 1.29 is 4.74 Å². The topological polar surface area (TPSA) is 43.2 Å². The minimum absolute atomic E-state index is 0. The zero-order chi connectivity index (χ0) is 19.5. The quantitative estimate of drug-likeness (QED) is 0.429. The second kappa shape index (κ2) is 9.25. The van der Waals surface area contributed by atoms with Crippen molar-refractivity contribution in [2.75, 3.05) is 26.2 Å². The number of ether oxygens (including phenoxy) is 1. The molecule has 0 atom stereocenters. The first kappa shape index (κ1) is 21.1. The Labute approximate surface area is 177 Å². The molecule has 2 aromatic heterocycles. The largest absolute Gasteiger partial charge is 0.476 e. The Balaban J connectivity index is 0.00000240. The van der Waals surface area contributed by atoms with E-state index in [0.717, 1.165) is 52.8 Å². The zero-order valence-corrected chi connectivity index (χ0v) is 17.9. The Morgan fingerprint density at radius 3 is 2.28 bits per heavy atom. The molecule has 0 aliphatic carbocycles. The van der Waals surface area contributed by atoms with Gasteiger partial charge in [-0.15, -0.1) is 12.4 Å². The number of aryl methyl sites for hydroxylation is 1. The van der Waals surface area contributed by atoms with E-state index in [1.165, 1.54) is 0 Å². The van der Waals surface area contributed by atoms with Gasteiger partial charge in [0, 0.05) is 11.9 Å². The number of rotatable bonds is 7. The summed E-state index contributed by atoms with van der Waals surface area (Å²) in [4.78, 5) is 7.26. The van der Waals surface area contributed by atoms with Crippen molar-refractivity contribution in [3.05, 3.63) is 60.3 Å². The third kappa shape index (κ3) is 4.07. The van der Waals surface area contributed by atoms with Crippen molar-refractivity contribution in [2.24, 2.45) is 0 Å². The summed E-state index contributed by atoms with van der Waals surface area (Å²) in [5, 5.41) is 8.02. The van der Waals surface area contributed by atoms with E-state index >= 15 is 0 Å². The van der Waals surface area contributed by atoms with Crippen LogP contribution in [0.1, 0.15) is 19.5 Å². The lowest BCUT2D eigenvalue weighted by atomic mass is 10.1. The number of likely N-dealkylation sites (N-methyl/N-ethyl adjacent to an activating group) is 1. The minimum Gasteiger partial charge on any atom is -0.476 e. The number of nitrogens with zero attached hydrogens (tertiary/aromatic N) is 4. The number of halogens is 1. The molecule has 0 unspecified atom stereocenters. The minimum atomic E-state index is 0. The van der Waals surface area contributed by atoms with Crippen LogP contribution in [0, 0.1) is 6.92 Å². The lowest BCUT2D eigenvalue weighted by Gasteiger charge is -2.18. The zero-order valence-electron chi connectivity index (χ0n) is 17.1. The molecule has 2 aromatic carbocycles. The molecule has 0 bridgehead atoms. The van der Waals surface area contributed by atoms with Gasteiger partial charge in [0.25, 0.3) is 0 Å². The molecule has 0 aliphatic heterocycles. The average Bonchev–Trinajstić information content (AvgIpc) is 3.08. The first-order valence-corrected chi connectivity index (χ1v) is 9.91. The normalized spacial score (nSPS) is 11.2. The number of pyridine rings is 1. The van der Waals surface area contributed by atoms with Gasteiger partial charge in [0.1, 0.15) is 6.61 Å². The Bertz CT molecular complexity index is 1090. The number of benzene rings is 2. The molecule has 0 amide bonds.